The van der Waals surface area contributed by atoms with Gasteiger partial charge in [-0.3, -0.25) is 4.79 Å². The molecule has 0 aromatic rings. The van der Waals surface area contributed by atoms with Crippen molar-refractivity contribution in [3.05, 3.63) is 12.2 Å². The average molecular weight is 487 g/mol. The molecule has 0 radical (unpaired) electrons. The minimum Gasteiger partial charge on any atom is -0.469 e. The van der Waals surface area contributed by atoms with Gasteiger partial charge in [0.2, 0.25) is 0 Å². The van der Waals surface area contributed by atoms with Crippen LogP contribution in [0.4, 0.5) is 0 Å². The molecule has 30 heavy (non-hydrogen) atoms. The van der Waals surface area contributed by atoms with E-state index in [9.17, 15) is 15.0 Å². The Balaban J connectivity index is 1.53. The second-order valence-electron chi connectivity index (χ2n) is 9.50. The lowest BCUT2D eigenvalue weighted by molar-refractivity contribution is -0.147. The molecule has 6 heteroatoms. The third-order valence-corrected chi connectivity index (χ3v) is 8.56. The second-order valence-corrected chi connectivity index (χ2v) is 10.7. The first-order valence-electron chi connectivity index (χ1n) is 11.9. The number of aliphatic hydroxyl groups excluding tert-OH is 2. The zero-order valence-electron chi connectivity index (χ0n) is 18.4. The zero-order valence-corrected chi connectivity index (χ0v) is 20.0. The van der Waals surface area contributed by atoms with Crippen molar-refractivity contribution in [3.8, 4) is 0 Å². The van der Waals surface area contributed by atoms with Gasteiger partial charge in [-0.25, -0.2) is 0 Å². The number of carbonyl (C=O) groups excluding carboxylic acids is 1. The molecule has 1 saturated heterocycles. The second kappa shape index (κ2) is 11.4. The molecule has 3 unspecified atom stereocenters. The van der Waals surface area contributed by atoms with E-state index in [0.717, 1.165) is 44.9 Å². The van der Waals surface area contributed by atoms with Crippen LogP contribution < -0.4 is 0 Å². The number of methoxy groups -OCH3 is 1. The highest BCUT2D eigenvalue weighted by Crippen LogP contribution is 2.46. The molecule has 0 bridgehead atoms. The maximum atomic E-state index is 12.3. The SMILES string of the molecule is CCC[C@H](O)/C=C/[C@@H]1[C@H]2CC(C(Br)CCC(C(=O)OC)C3CCCC3)O[C@@H]2C[C@H]1O. The lowest BCUT2D eigenvalue weighted by Gasteiger charge is -2.25. The summed E-state index contributed by atoms with van der Waals surface area (Å²) >= 11 is 3.84. The van der Waals surface area contributed by atoms with Gasteiger partial charge in [-0.2, -0.15) is 0 Å². The van der Waals surface area contributed by atoms with E-state index in [1.807, 2.05) is 12.2 Å². The van der Waals surface area contributed by atoms with Crippen LogP contribution in [0, 0.1) is 23.7 Å². The summed E-state index contributed by atoms with van der Waals surface area (Å²) in [5, 5.41) is 20.5. The van der Waals surface area contributed by atoms with Gasteiger partial charge in [-0.15, -0.1) is 0 Å². The smallest absolute Gasteiger partial charge is 0.308 e. The van der Waals surface area contributed by atoms with Gasteiger partial charge in [0.1, 0.15) is 0 Å². The molecule has 2 aliphatic carbocycles. The molecule has 8 atom stereocenters. The minimum atomic E-state index is -0.436. The summed E-state index contributed by atoms with van der Waals surface area (Å²) in [5.41, 5.74) is 0. The summed E-state index contributed by atoms with van der Waals surface area (Å²) in [6, 6.07) is 0. The molecule has 172 valence electrons. The lowest BCUT2D eigenvalue weighted by Crippen LogP contribution is -2.28. The Kier molecular flexibility index (Phi) is 9.23. The predicted octanol–water partition coefficient (Wildman–Crippen LogP) is 4.38. The minimum absolute atomic E-state index is 0.00369. The molecule has 1 aliphatic heterocycles. The number of fused-ring (bicyclic) bond motifs is 1. The number of hydrogen-bond donors (Lipinski definition) is 2. The largest absolute Gasteiger partial charge is 0.469 e. The fourth-order valence-electron chi connectivity index (χ4n) is 5.85. The van der Waals surface area contributed by atoms with Crippen LogP contribution in [0.25, 0.3) is 0 Å². The van der Waals surface area contributed by atoms with E-state index in [1.165, 1.54) is 20.0 Å². The fraction of sp³-hybridized carbons (Fsp3) is 0.875. The maximum absolute atomic E-state index is 12.3. The van der Waals surface area contributed by atoms with Gasteiger partial charge < -0.3 is 19.7 Å². The van der Waals surface area contributed by atoms with Crippen molar-refractivity contribution in [1.29, 1.82) is 0 Å². The number of esters is 1. The first-order chi connectivity index (χ1) is 14.4. The Morgan fingerprint density at radius 2 is 1.97 bits per heavy atom. The van der Waals surface area contributed by atoms with Crippen molar-refractivity contribution in [2.45, 2.75) is 100 Å². The summed E-state index contributed by atoms with van der Waals surface area (Å²) in [5.74, 6) is 0.731. The van der Waals surface area contributed by atoms with Crippen LogP contribution >= 0.6 is 15.9 Å². The van der Waals surface area contributed by atoms with Gasteiger partial charge in [0.05, 0.1) is 37.4 Å². The predicted molar refractivity (Wildman–Crippen MR) is 120 cm³/mol. The van der Waals surface area contributed by atoms with Gasteiger partial charge in [0, 0.05) is 17.2 Å². The summed E-state index contributed by atoms with van der Waals surface area (Å²) in [4.78, 5) is 12.5. The van der Waals surface area contributed by atoms with Crippen LogP contribution in [0.3, 0.4) is 0 Å². The van der Waals surface area contributed by atoms with Crippen LogP contribution in [0.5, 0.6) is 0 Å². The Morgan fingerprint density at radius 1 is 1.23 bits per heavy atom. The molecular formula is C24H39BrO5. The summed E-state index contributed by atoms with van der Waals surface area (Å²) in [7, 11) is 1.49. The quantitative estimate of drug-likeness (QED) is 0.272. The van der Waals surface area contributed by atoms with Gasteiger partial charge in [-0.05, 0) is 50.4 Å². The van der Waals surface area contributed by atoms with E-state index in [2.05, 4.69) is 22.9 Å². The third kappa shape index (κ3) is 5.87. The molecule has 3 fully saturated rings. The van der Waals surface area contributed by atoms with Crippen molar-refractivity contribution in [3.63, 3.8) is 0 Å². The Morgan fingerprint density at radius 3 is 2.63 bits per heavy atom. The van der Waals surface area contributed by atoms with E-state index < -0.39 is 12.2 Å². The topological polar surface area (TPSA) is 76.0 Å². The third-order valence-electron chi connectivity index (χ3n) is 7.51. The number of halogens is 1. The Hall–Kier alpha value is -0.430. The fourth-order valence-corrected chi connectivity index (χ4v) is 6.46. The molecule has 3 rings (SSSR count). The number of ether oxygens (including phenoxy) is 2. The molecule has 1 heterocycles. The first kappa shape index (κ1) is 24.2. The molecule has 0 aromatic carbocycles. The standard InChI is InChI=1S/C24H39BrO5/c1-3-6-16(26)9-10-18-19-13-23(30-22(19)14-21(18)27)20(25)12-11-17(24(28)29-2)15-7-4-5-8-15/h9-10,15-23,26-27H,3-8,11-14H2,1-2H3/b10-9+/t16-,17?,18+,19+,20?,21+,22+,23?/m0/s1. The van der Waals surface area contributed by atoms with Crippen molar-refractivity contribution >= 4 is 21.9 Å². The maximum Gasteiger partial charge on any atom is 0.308 e. The molecule has 0 spiro atoms. The monoisotopic (exact) mass is 486 g/mol. The zero-order chi connectivity index (χ0) is 21.7. The van der Waals surface area contributed by atoms with Gasteiger partial charge in [0.25, 0.3) is 0 Å². The van der Waals surface area contributed by atoms with Gasteiger partial charge in [-0.1, -0.05) is 54.3 Å². The van der Waals surface area contributed by atoms with Gasteiger partial charge >= 0.3 is 5.97 Å². The van der Waals surface area contributed by atoms with Gasteiger partial charge in [0.15, 0.2) is 0 Å². The van der Waals surface area contributed by atoms with E-state index in [1.54, 1.807) is 0 Å². The summed E-state index contributed by atoms with van der Waals surface area (Å²) in [6.45, 7) is 2.06. The lowest BCUT2D eigenvalue weighted by atomic mass is 9.85. The molecule has 0 aromatic heterocycles. The summed E-state index contributed by atoms with van der Waals surface area (Å²) in [6.07, 6.45) is 12.9. The highest BCUT2D eigenvalue weighted by atomic mass is 79.9. The first-order valence-corrected chi connectivity index (χ1v) is 12.8. The number of aliphatic hydroxyl groups is 2. The van der Waals surface area contributed by atoms with Crippen LogP contribution in [0.15, 0.2) is 12.2 Å². The molecule has 3 aliphatic rings. The van der Waals surface area contributed by atoms with E-state index >= 15 is 0 Å². The van der Waals surface area contributed by atoms with E-state index in [-0.39, 0.29) is 34.8 Å². The van der Waals surface area contributed by atoms with Crippen LogP contribution in [-0.4, -0.2) is 52.5 Å². The number of carbonyl (C=O) groups is 1. The van der Waals surface area contributed by atoms with Crippen molar-refractivity contribution in [2.24, 2.45) is 23.7 Å². The molecule has 5 nitrogen and oxygen atoms in total. The van der Waals surface area contributed by atoms with Crippen LogP contribution in [0.1, 0.15) is 71.1 Å². The highest BCUT2D eigenvalue weighted by Gasteiger charge is 2.49. The molecule has 0 amide bonds. The van der Waals surface area contributed by atoms with Crippen LogP contribution in [0.2, 0.25) is 0 Å². The van der Waals surface area contributed by atoms with Crippen molar-refractivity contribution in [2.75, 3.05) is 7.11 Å². The molecule has 2 saturated carbocycles. The summed E-state index contributed by atoms with van der Waals surface area (Å²) < 4.78 is 11.4. The number of rotatable bonds is 10. The van der Waals surface area contributed by atoms with Crippen molar-refractivity contribution in [1.82, 2.24) is 0 Å². The highest BCUT2D eigenvalue weighted by molar-refractivity contribution is 9.09. The van der Waals surface area contributed by atoms with E-state index in [0.29, 0.717) is 18.3 Å². The van der Waals surface area contributed by atoms with Crippen molar-refractivity contribution < 1.29 is 24.5 Å². The Labute approximate surface area is 189 Å². The van der Waals surface area contributed by atoms with E-state index in [4.69, 9.17) is 9.47 Å². The molecular weight excluding hydrogens is 448 g/mol. The number of hydrogen-bond acceptors (Lipinski definition) is 5. The molecule has 2 N–H and O–H groups in total. The normalized spacial score (nSPS) is 34.9. The average Bonchev–Trinajstić information content (AvgIpc) is 3.44. The number of alkyl halides is 1. The van der Waals surface area contributed by atoms with Crippen LogP contribution in [-0.2, 0) is 14.3 Å². The Bertz CT molecular complexity index is 576.